The van der Waals surface area contributed by atoms with Gasteiger partial charge in [0.1, 0.15) is 0 Å². The molecular formula is C15H15ClN4O. The Kier molecular flexibility index (Phi) is 3.77. The summed E-state index contributed by atoms with van der Waals surface area (Å²) < 4.78 is 1.67. The molecular weight excluding hydrogens is 288 g/mol. The van der Waals surface area contributed by atoms with Crippen molar-refractivity contribution in [2.45, 2.75) is 6.10 Å². The van der Waals surface area contributed by atoms with Crippen molar-refractivity contribution in [2.24, 2.45) is 7.05 Å². The zero-order valence-electron chi connectivity index (χ0n) is 11.5. The quantitative estimate of drug-likeness (QED) is 0.778. The summed E-state index contributed by atoms with van der Waals surface area (Å²) in [6.07, 6.45) is 4.57. The fourth-order valence-corrected chi connectivity index (χ4v) is 2.38. The second kappa shape index (κ2) is 5.71. The van der Waals surface area contributed by atoms with Crippen LogP contribution in [0.15, 0.2) is 42.9 Å². The molecule has 0 saturated carbocycles. The van der Waals surface area contributed by atoms with Crippen LogP contribution >= 0.6 is 11.6 Å². The van der Waals surface area contributed by atoms with E-state index in [1.807, 2.05) is 31.3 Å². The number of aliphatic hydroxyl groups is 1. The Morgan fingerprint density at radius 2 is 2.24 bits per heavy atom. The number of aliphatic hydroxyl groups excluding tert-OH is 1. The molecule has 0 aliphatic carbocycles. The standard InChI is InChI=1S/C15H15ClN4O/c1-20-9-10(7-19-20)15(21)8-18-14-4-5-17-13-3-2-11(16)6-12(13)14/h2-7,9,15,21H,8H2,1H3,(H,17,18). The number of fused-ring (bicyclic) bond motifs is 1. The van der Waals surface area contributed by atoms with E-state index in [2.05, 4.69) is 15.4 Å². The monoisotopic (exact) mass is 302 g/mol. The molecule has 1 aromatic carbocycles. The first kappa shape index (κ1) is 13.9. The van der Waals surface area contributed by atoms with Crippen molar-refractivity contribution in [3.05, 3.63) is 53.4 Å². The normalized spacial score (nSPS) is 12.5. The Bertz CT molecular complexity index is 771. The highest BCUT2D eigenvalue weighted by molar-refractivity contribution is 6.31. The van der Waals surface area contributed by atoms with Crippen molar-refractivity contribution in [1.82, 2.24) is 14.8 Å². The number of aryl methyl sites for hydroxylation is 1. The summed E-state index contributed by atoms with van der Waals surface area (Å²) in [6, 6.07) is 7.42. The Balaban J connectivity index is 1.80. The van der Waals surface area contributed by atoms with E-state index >= 15 is 0 Å². The van der Waals surface area contributed by atoms with Crippen molar-refractivity contribution in [1.29, 1.82) is 0 Å². The van der Waals surface area contributed by atoms with Crippen molar-refractivity contribution >= 4 is 28.2 Å². The van der Waals surface area contributed by atoms with Gasteiger partial charge in [-0.2, -0.15) is 5.10 Å². The van der Waals surface area contributed by atoms with E-state index in [1.54, 1.807) is 23.3 Å². The first-order chi connectivity index (χ1) is 10.1. The lowest BCUT2D eigenvalue weighted by Crippen LogP contribution is -2.12. The fourth-order valence-electron chi connectivity index (χ4n) is 2.21. The fraction of sp³-hybridized carbons (Fsp3) is 0.200. The molecule has 0 aliphatic heterocycles. The number of hydrogen-bond acceptors (Lipinski definition) is 4. The maximum Gasteiger partial charge on any atom is 0.0992 e. The molecule has 3 aromatic rings. The summed E-state index contributed by atoms with van der Waals surface area (Å²) in [5.74, 6) is 0. The van der Waals surface area contributed by atoms with Gasteiger partial charge in [0.05, 0.1) is 17.8 Å². The van der Waals surface area contributed by atoms with E-state index in [9.17, 15) is 5.11 Å². The predicted molar refractivity (Wildman–Crippen MR) is 83.4 cm³/mol. The van der Waals surface area contributed by atoms with Crippen molar-refractivity contribution in [3.8, 4) is 0 Å². The van der Waals surface area contributed by atoms with Gasteiger partial charge in [-0.25, -0.2) is 0 Å². The Hall–Kier alpha value is -2.11. The number of rotatable bonds is 4. The molecule has 0 aliphatic rings. The lowest BCUT2D eigenvalue weighted by molar-refractivity contribution is 0.191. The lowest BCUT2D eigenvalue weighted by atomic mass is 10.1. The highest BCUT2D eigenvalue weighted by Gasteiger charge is 2.10. The van der Waals surface area contributed by atoms with Crippen LogP contribution in [0.1, 0.15) is 11.7 Å². The number of anilines is 1. The van der Waals surface area contributed by atoms with E-state index in [0.29, 0.717) is 11.6 Å². The van der Waals surface area contributed by atoms with Gasteiger partial charge in [0.15, 0.2) is 0 Å². The number of nitrogens with zero attached hydrogens (tertiary/aromatic N) is 3. The van der Waals surface area contributed by atoms with Crippen LogP contribution in [0.2, 0.25) is 5.02 Å². The highest BCUT2D eigenvalue weighted by Crippen LogP contribution is 2.25. The summed E-state index contributed by atoms with van der Waals surface area (Å²) in [7, 11) is 1.82. The first-order valence-electron chi connectivity index (χ1n) is 6.58. The predicted octanol–water partition coefficient (Wildman–Crippen LogP) is 2.77. The molecule has 108 valence electrons. The third kappa shape index (κ3) is 2.99. The van der Waals surface area contributed by atoms with Crippen LogP contribution in [0.25, 0.3) is 10.9 Å². The molecule has 1 unspecified atom stereocenters. The van der Waals surface area contributed by atoms with Crippen molar-refractivity contribution < 1.29 is 5.11 Å². The van der Waals surface area contributed by atoms with Gasteiger partial charge in [-0.15, -0.1) is 0 Å². The second-order valence-electron chi connectivity index (χ2n) is 4.86. The van der Waals surface area contributed by atoms with Crippen LogP contribution in [0.5, 0.6) is 0 Å². The smallest absolute Gasteiger partial charge is 0.0992 e. The van der Waals surface area contributed by atoms with Gasteiger partial charge in [-0.05, 0) is 24.3 Å². The number of aromatic nitrogens is 3. The number of hydrogen-bond donors (Lipinski definition) is 2. The van der Waals surface area contributed by atoms with Gasteiger partial charge in [-0.3, -0.25) is 9.67 Å². The van der Waals surface area contributed by atoms with Gasteiger partial charge in [0, 0.05) is 47.6 Å². The molecule has 2 N–H and O–H groups in total. The summed E-state index contributed by atoms with van der Waals surface area (Å²) in [5.41, 5.74) is 2.53. The van der Waals surface area contributed by atoms with E-state index in [1.165, 1.54) is 0 Å². The Labute approximate surface area is 127 Å². The molecule has 2 heterocycles. The number of halogens is 1. The third-order valence-corrected chi connectivity index (χ3v) is 3.53. The lowest BCUT2D eigenvalue weighted by Gasteiger charge is -2.13. The summed E-state index contributed by atoms with van der Waals surface area (Å²) in [5, 5.41) is 19.0. The van der Waals surface area contributed by atoms with Gasteiger partial charge in [0.2, 0.25) is 0 Å². The molecule has 0 radical (unpaired) electrons. The molecule has 0 bridgehead atoms. The van der Waals surface area contributed by atoms with E-state index < -0.39 is 6.10 Å². The molecule has 3 rings (SSSR count). The van der Waals surface area contributed by atoms with Gasteiger partial charge < -0.3 is 10.4 Å². The Morgan fingerprint density at radius 1 is 1.38 bits per heavy atom. The topological polar surface area (TPSA) is 63.0 Å². The van der Waals surface area contributed by atoms with Crippen LogP contribution in [-0.2, 0) is 7.05 Å². The zero-order valence-corrected chi connectivity index (χ0v) is 12.2. The Morgan fingerprint density at radius 3 is 3.00 bits per heavy atom. The molecule has 6 heteroatoms. The van der Waals surface area contributed by atoms with Gasteiger partial charge in [0.25, 0.3) is 0 Å². The van der Waals surface area contributed by atoms with Gasteiger partial charge in [-0.1, -0.05) is 11.6 Å². The minimum atomic E-state index is -0.624. The van der Waals surface area contributed by atoms with Crippen LogP contribution in [0, 0.1) is 0 Å². The van der Waals surface area contributed by atoms with E-state index in [4.69, 9.17) is 11.6 Å². The van der Waals surface area contributed by atoms with Crippen molar-refractivity contribution in [2.75, 3.05) is 11.9 Å². The minimum Gasteiger partial charge on any atom is -0.386 e. The third-order valence-electron chi connectivity index (χ3n) is 3.30. The minimum absolute atomic E-state index is 0.386. The summed E-state index contributed by atoms with van der Waals surface area (Å²) in [4.78, 5) is 4.30. The van der Waals surface area contributed by atoms with Crippen molar-refractivity contribution in [3.63, 3.8) is 0 Å². The molecule has 0 spiro atoms. The van der Waals surface area contributed by atoms with Crippen LogP contribution in [-0.4, -0.2) is 26.4 Å². The van der Waals surface area contributed by atoms with Crippen LogP contribution in [0.3, 0.4) is 0 Å². The van der Waals surface area contributed by atoms with Crippen LogP contribution < -0.4 is 5.32 Å². The molecule has 0 saturated heterocycles. The largest absolute Gasteiger partial charge is 0.386 e. The van der Waals surface area contributed by atoms with Crippen LogP contribution in [0.4, 0.5) is 5.69 Å². The average Bonchev–Trinajstić information content (AvgIpc) is 2.91. The molecule has 0 fully saturated rings. The molecule has 0 amide bonds. The van der Waals surface area contributed by atoms with E-state index in [-0.39, 0.29) is 0 Å². The maximum absolute atomic E-state index is 10.2. The number of pyridine rings is 1. The zero-order chi connectivity index (χ0) is 14.8. The second-order valence-corrected chi connectivity index (χ2v) is 5.30. The van der Waals surface area contributed by atoms with Gasteiger partial charge >= 0.3 is 0 Å². The average molecular weight is 303 g/mol. The number of nitrogens with one attached hydrogen (secondary N) is 1. The first-order valence-corrected chi connectivity index (χ1v) is 6.96. The summed E-state index contributed by atoms with van der Waals surface area (Å²) in [6.45, 7) is 0.386. The summed E-state index contributed by atoms with van der Waals surface area (Å²) >= 11 is 6.04. The molecule has 2 aromatic heterocycles. The highest BCUT2D eigenvalue weighted by atomic mass is 35.5. The van der Waals surface area contributed by atoms with E-state index in [0.717, 1.165) is 22.2 Å². The SMILES string of the molecule is Cn1cc(C(O)CNc2ccnc3ccc(Cl)cc23)cn1. The maximum atomic E-state index is 10.2. The molecule has 21 heavy (non-hydrogen) atoms. The molecule has 5 nitrogen and oxygen atoms in total. The molecule has 1 atom stereocenters. The number of benzene rings is 1.